The van der Waals surface area contributed by atoms with Crippen LogP contribution in [0.2, 0.25) is 0 Å². The summed E-state index contributed by atoms with van der Waals surface area (Å²) in [7, 11) is 0. The van der Waals surface area contributed by atoms with Crippen LogP contribution in [0.4, 0.5) is 0 Å². The number of likely N-dealkylation sites (tertiary alicyclic amines) is 1. The fourth-order valence-corrected chi connectivity index (χ4v) is 3.93. The first kappa shape index (κ1) is 17.0. The molecular weight excluding hydrogens is 322 g/mol. The molecule has 3 heterocycles. The average molecular weight is 345 g/mol. The molecule has 0 saturated carbocycles. The number of thiazole rings is 1. The van der Waals surface area contributed by atoms with Crippen molar-refractivity contribution >= 4 is 17.2 Å². The van der Waals surface area contributed by atoms with Crippen LogP contribution in [0.3, 0.4) is 0 Å². The van der Waals surface area contributed by atoms with Crippen molar-refractivity contribution in [3.8, 4) is 0 Å². The third kappa shape index (κ3) is 4.15. The van der Waals surface area contributed by atoms with Crippen LogP contribution in [-0.2, 0) is 17.9 Å². The molecule has 3 rings (SSSR count). The second-order valence-electron chi connectivity index (χ2n) is 6.21. The number of amides is 1. The van der Waals surface area contributed by atoms with Crippen molar-refractivity contribution in [1.82, 2.24) is 25.2 Å². The number of nitrogens with zero attached hydrogens (tertiary/aromatic N) is 4. The molecule has 0 spiro atoms. The first-order valence-corrected chi connectivity index (χ1v) is 9.17. The van der Waals surface area contributed by atoms with E-state index in [9.17, 15) is 4.79 Å². The lowest BCUT2D eigenvalue weighted by molar-refractivity contribution is -0.119. The van der Waals surface area contributed by atoms with Gasteiger partial charge in [-0.3, -0.25) is 19.7 Å². The molecule has 1 aliphatic rings. The lowest BCUT2D eigenvalue weighted by Crippen LogP contribution is -2.33. The zero-order valence-corrected chi connectivity index (χ0v) is 15.0. The van der Waals surface area contributed by atoms with E-state index in [1.165, 1.54) is 11.8 Å². The van der Waals surface area contributed by atoms with Crippen molar-refractivity contribution in [2.24, 2.45) is 0 Å². The Balaban J connectivity index is 1.60. The zero-order valence-electron chi connectivity index (χ0n) is 14.2. The molecule has 1 aliphatic heterocycles. The highest BCUT2D eigenvalue weighted by Gasteiger charge is 2.24. The third-order valence-corrected chi connectivity index (χ3v) is 5.42. The molecule has 1 fully saturated rings. The quantitative estimate of drug-likeness (QED) is 0.900. The molecule has 0 aromatic carbocycles. The molecule has 2 aromatic rings. The first-order valence-electron chi connectivity index (χ1n) is 8.29. The van der Waals surface area contributed by atoms with Crippen LogP contribution in [0.15, 0.2) is 17.9 Å². The standard InChI is InChI=1S/C17H23N5OS/c1-12-16(24-11-21-12)10-22-7-3-14(4-8-22)17-15(9-20-13(2)23)18-5-6-19-17/h5-6,11,14H,3-4,7-10H2,1-2H3,(H,20,23). The monoisotopic (exact) mass is 345 g/mol. The topological polar surface area (TPSA) is 71.0 Å². The number of piperidine rings is 1. The molecule has 2 aromatic heterocycles. The van der Waals surface area contributed by atoms with Crippen LogP contribution >= 0.6 is 11.3 Å². The summed E-state index contributed by atoms with van der Waals surface area (Å²) in [6.07, 6.45) is 5.59. The number of aryl methyl sites for hydroxylation is 1. The highest BCUT2D eigenvalue weighted by atomic mass is 32.1. The molecular formula is C17H23N5OS. The molecule has 0 atom stereocenters. The Bertz CT molecular complexity index is 694. The normalized spacial score (nSPS) is 16.2. The van der Waals surface area contributed by atoms with E-state index in [-0.39, 0.29) is 5.91 Å². The largest absolute Gasteiger partial charge is 0.351 e. The molecule has 0 unspecified atom stereocenters. The van der Waals surface area contributed by atoms with Gasteiger partial charge in [0, 0.05) is 36.7 Å². The van der Waals surface area contributed by atoms with Gasteiger partial charge in [0.25, 0.3) is 0 Å². The zero-order chi connectivity index (χ0) is 16.9. The van der Waals surface area contributed by atoms with Gasteiger partial charge in [-0.25, -0.2) is 4.98 Å². The van der Waals surface area contributed by atoms with Crippen molar-refractivity contribution < 1.29 is 4.79 Å². The van der Waals surface area contributed by atoms with E-state index >= 15 is 0 Å². The van der Waals surface area contributed by atoms with Crippen LogP contribution in [0.5, 0.6) is 0 Å². The van der Waals surface area contributed by atoms with Gasteiger partial charge in [0.05, 0.1) is 29.1 Å². The molecule has 0 bridgehead atoms. The Morgan fingerprint density at radius 2 is 2.04 bits per heavy atom. The molecule has 0 aliphatic carbocycles. The highest BCUT2D eigenvalue weighted by molar-refractivity contribution is 7.09. The predicted molar refractivity (Wildman–Crippen MR) is 93.7 cm³/mol. The third-order valence-electron chi connectivity index (χ3n) is 4.50. The lowest BCUT2D eigenvalue weighted by Gasteiger charge is -2.32. The predicted octanol–water partition coefficient (Wildman–Crippen LogP) is 2.26. The van der Waals surface area contributed by atoms with Gasteiger partial charge in [-0.1, -0.05) is 0 Å². The highest BCUT2D eigenvalue weighted by Crippen LogP contribution is 2.29. The van der Waals surface area contributed by atoms with Crippen molar-refractivity contribution in [2.75, 3.05) is 13.1 Å². The summed E-state index contributed by atoms with van der Waals surface area (Å²) in [5.41, 5.74) is 5.00. The summed E-state index contributed by atoms with van der Waals surface area (Å²) in [5, 5.41) is 2.83. The smallest absolute Gasteiger partial charge is 0.217 e. The van der Waals surface area contributed by atoms with Crippen molar-refractivity contribution in [3.05, 3.63) is 39.9 Å². The van der Waals surface area contributed by atoms with E-state index in [1.54, 1.807) is 23.7 Å². The number of aromatic nitrogens is 3. The van der Waals surface area contributed by atoms with Crippen molar-refractivity contribution in [1.29, 1.82) is 0 Å². The molecule has 6 nitrogen and oxygen atoms in total. The van der Waals surface area contributed by atoms with Gasteiger partial charge in [-0.05, 0) is 32.9 Å². The van der Waals surface area contributed by atoms with Gasteiger partial charge in [-0.15, -0.1) is 11.3 Å². The van der Waals surface area contributed by atoms with Crippen LogP contribution in [0.1, 0.15) is 47.6 Å². The summed E-state index contributed by atoms with van der Waals surface area (Å²) in [4.78, 5) is 28.3. The molecule has 1 N–H and O–H groups in total. The molecule has 24 heavy (non-hydrogen) atoms. The molecule has 128 valence electrons. The Morgan fingerprint density at radius 1 is 1.29 bits per heavy atom. The number of hydrogen-bond acceptors (Lipinski definition) is 6. The van der Waals surface area contributed by atoms with E-state index in [0.717, 1.165) is 49.6 Å². The molecule has 1 amide bonds. The van der Waals surface area contributed by atoms with E-state index in [2.05, 4.69) is 32.1 Å². The van der Waals surface area contributed by atoms with Gasteiger partial charge in [0.15, 0.2) is 0 Å². The van der Waals surface area contributed by atoms with Crippen molar-refractivity contribution in [3.63, 3.8) is 0 Å². The van der Waals surface area contributed by atoms with Crippen molar-refractivity contribution in [2.45, 2.75) is 45.7 Å². The van der Waals surface area contributed by atoms with E-state index in [0.29, 0.717) is 12.5 Å². The van der Waals surface area contributed by atoms with Gasteiger partial charge in [-0.2, -0.15) is 0 Å². The maximum Gasteiger partial charge on any atom is 0.217 e. The Morgan fingerprint density at radius 3 is 2.71 bits per heavy atom. The summed E-state index contributed by atoms with van der Waals surface area (Å²) in [6.45, 7) is 7.15. The van der Waals surface area contributed by atoms with Gasteiger partial charge in [0.1, 0.15) is 0 Å². The van der Waals surface area contributed by atoms with Crippen LogP contribution in [0, 0.1) is 6.92 Å². The minimum atomic E-state index is -0.0404. The summed E-state index contributed by atoms with van der Waals surface area (Å²) >= 11 is 1.74. The molecule has 1 saturated heterocycles. The minimum Gasteiger partial charge on any atom is -0.351 e. The Labute approximate surface area is 146 Å². The number of nitrogens with one attached hydrogen (secondary N) is 1. The van der Waals surface area contributed by atoms with E-state index in [4.69, 9.17) is 0 Å². The summed E-state index contributed by atoms with van der Waals surface area (Å²) in [6, 6.07) is 0. The van der Waals surface area contributed by atoms with Crippen LogP contribution in [0.25, 0.3) is 0 Å². The lowest BCUT2D eigenvalue weighted by atomic mass is 9.92. The van der Waals surface area contributed by atoms with Crippen LogP contribution in [-0.4, -0.2) is 38.8 Å². The fraction of sp³-hybridized carbons (Fsp3) is 0.529. The van der Waals surface area contributed by atoms with Gasteiger partial charge in [0.2, 0.25) is 5.91 Å². The van der Waals surface area contributed by atoms with E-state index < -0.39 is 0 Å². The van der Waals surface area contributed by atoms with Crippen LogP contribution < -0.4 is 5.32 Å². The van der Waals surface area contributed by atoms with Gasteiger partial charge >= 0.3 is 0 Å². The number of carbonyl (C=O) groups is 1. The average Bonchev–Trinajstić information content (AvgIpc) is 2.99. The van der Waals surface area contributed by atoms with Gasteiger partial charge < -0.3 is 5.32 Å². The molecule has 7 heteroatoms. The fourth-order valence-electron chi connectivity index (χ4n) is 3.11. The summed E-state index contributed by atoms with van der Waals surface area (Å²) in [5.74, 6) is 0.377. The minimum absolute atomic E-state index is 0.0404. The maximum atomic E-state index is 11.2. The number of carbonyl (C=O) groups excluding carboxylic acids is 1. The number of rotatable bonds is 5. The second-order valence-corrected chi connectivity index (χ2v) is 7.15. The summed E-state index contributed by atoms with van der Waals surface area (Å²) < 4.78 is 0. The van der Waals surface area contributed by atoms with E-state index in [1.807, 2.05) is 5.51 Å². The Kier molecular flexibility index (Phi) is 5.52. The second kappa shape index (κ2) is 7.81. The number of hydrogen-bond donors (Lipinski definition) is 1. The Hall–Kier alpha value is -1.86. The first-order chi connectivity index (χ1) is 11.6. The SMILES string of the molecule is CC(=O)NCc1nccnc1C1CCN(Cc2scnc2C)CC1. The maximum absolute atomic E-state index is 11.2. The molecule has 0 radical (unpaired) electrons.